The third-order valence-electron chi connectivity index (χ3n) is 3.47. The Bertz CT molecular complexity index is 504. The number of carbonyl (C=O) groups excluding carboxylic acids is 1. The highest BCUT2D eigenvalue weighted by Crippen LogP contribution is 2.26. The normalized spacial score (nSPS) is 19.9. The van der Waals surface area contributed by atoms with Crippen molar-refractivity contribution in [2.75, 3.05) is 17.4 Å². The first kappa shape index (κ1) is 14.7. The second-order valence-corrected chi connectivity index (χ2v) is 5.99. The van der Waals surface area contributed by atoms with Gasteiger partial charge in [0.15, 0.2) is 0 Å². The Labute approximate surface area is 122 Å². The number of nitrogens with two attached hydrogens (primary N) is 1. The summed E-state index contributed by atoms with van der Waals surface area (Å²) in [6, 6.07) is 6.73. The number of carboxylic acids is 1. The lowest BCUT2D eigenvalue weighted by Gasteiger charge is -2.22. The van der Waals surface area contributed by atoms with Crippen LogP contribution in [0.1, 0.15) is 24.8 Å². The van der Waals surface area contributed by atoms with E-state index in [1.165, 1.54) is 16.7 Å². The predicted octanol–water partition coefficient (Wildman–Crippen LogP) is 1.75. The third-order valence-corrected chi connectivity index (χ3v) is 4.49. The first-order valence-corrected chi connectivity index (χ1v) is 7.60. The van der Waals surface area contributed by atoms with Crippen molar-refractivity contribution in [1.82, 2.24) is 4.90 Å². The van der Waals surface area contributed by atoms with E-state index in [0.717, 1.165) is 5.56 Å². The molecule has 0 radical (unpaired) electrons. The fourth-order valence-corrected chi connectivity index (χ4v) is 3.39. The van der Waals surface area contributed by atoms with Gasteiger partial charge < -0.3 is 15.7 Å². The van der Waals surface area contributed by atoms with Gasteiger partial charge in [-0.2, -0.15) is 0 Å². The smallest absolute Gasteiger partial charge is 0.327 e. The molecule has 1 fully saturated rings. The third kappa shape index (κ3) is 3.25. The van der Waals surface area contributed by atoms with Crippen molar-refractivity contribution in [3.05, 3.63) is 29.8 Å². The summed E-state index contributed by atoms with van der Waals surface area (Å²) in [5, 5.41) is 9.09. The second kappa shape index (κ2) is 6.17. The number of hydrogen-bond acceptors (Lipinski definition) is 4. The van der Waals surface area contributed by atoms with Crippen molar-refractivity contribution in [3.63, 3.8) is 0 Å². The van der Waals surface area contributed by atoms with Crippen LogP contribution < -0.4 is 5.73 Å². The lowest BCUT2D eigenvalue weighted by atomic mass is 9.97. The molecular weight excluding hydrogens is 276 g/mol. The van der Waals surface area contributed by atoms with Gasteiger partial charge in [-0.1, -0.05) is 19.1 Å². The van der Waals surface area contributed by atoms with E-state index in [0.29, 0.717) is 23.7 Å². The number of nitrogens with zero attached hydrogens (tertiary/aromatic N) is 1. The highest BCUT2D eigenvalue weighted by molar-refractivity contribution is 7.99. The first-order chi connectivity index (χ1) is 9.49. The summed E-state index contributed by atoms with van der Waals surface area (Å²) >= 11 is 1.48. The van der Waals surface area contributed by atoms with Crippen molar-refractivity contribution in [2.24, 2.45) is 0 Å². The fourth-order valence-electron chi connectivity index (χ4n) is 2.21. The minimum atomic E-state index is -0.927. The van der Waals surface area contributed by atoms with Crippen LogP contribution in [0.25, 0.3) is 0 Å². The summed E-state index contributed by atoms with van der Waals surface area (Å²) in [4.78, 5) is 24.8. The van der Waals surface area contributed by atoms with Crippen LogP contribution in [0.2, 0.25) is 0 Å². The van der Waals surface area contributed by atoms with Crippen LogP contribution in [0.15, 0.2) is 24.3 Å². The van der Waals surface area contributed by atoms with Crippen molar-refractivity contribution < 1.29 is 14.7 Å². The summed E-state index contributed by atoms with van der Waals surface area (Å²) in [6.45, 7) is 1.96. The van der Waals surface area contributed by atoms with E-state index in [9.17, 15) is 9.59 Å². The molecule has 1 aliphatic heterocycles. The molecule has 1 heterocycles. The lowest BCUT2D eigenvalue weighted by molar-refractivity contribution is -0.147. The molecule has 1 aromatic rings. The minimum Gasteiger partial charge on any atom is -0.480 e. The number of aliphatic carboxylic acids is 1. The Morgan fingerprint density at radius 2 is 2.10 bits per heavy atom. The van der Waals surface area contributed by atoms with Gasteiger partial charge in [-0.3, -0.25) is 4.79 Å². The van der Waals surface area contributed by atoms with Gasteiger partial charge in [-0.15, -0.1) is 11.8 Å². The van der Waals surface area contributed by atoms with E-state index in [4.69, 9.17) is 10.8 Å². The molecule has 0 saturated carbocycles. The van der Waals surface area contributed by atoms with Gasteiger partial charge in [-0.05, 0) is 23.6 Å². The molecule has 1 aliphatic rings. The van der Waals surface area contributed by atoms with E-state index < -0.39 is 12.0 Å². The number of benzene rings is 1. The summed E-state index contributed by atoms with van der Waals surface area (Å²) in [7, 11) is 0. The molecule has 0 aromatic heterocycles. The zero-order valence-corrected chi connectivity index (χ0v) is 12.1. The van der Waals surface area contributed by atoms with Crippen molar-refractivity contribution >= 4 is 29.3 Å². The molecular formula is C14H18N2O3S. The maximum Gasteiger partial charge on any atom is 0.327 e. The van der Waals surface area contributed by atoms with Crippen LogP contribution in [-0.2, 0) is 9.59 Å². The molecule has 0 spiro atoms. The Hall–Kier alpha value is -1.69. The van der Waals surface area contributed by atoms with E-state index in [2.05, 4.69) is 0 Å². The first-order valence-electron chi connectivity index (χ1n) is 6.44. The maximum absolute atomic E-state index is 12.2. The number of carbonyl (C=O) groups is 2. The van der Waals surface area contributed by atoms with Crippen molar-refractivity contribution in [3.8, 4) is 0 Å². The number of rotatable bonds is 4. The Morgan fingerprint density at radius 1 is 1.45 bits per heavy atom. The van der Waals surface area contributed by atoms with Crippen LogP contribution in [0.5, 0.6) is 0 Å². The molecule has 1 saturated heterocycles. The summed E-state index contributed by atoms with van der Waals surface area (Å²) < 4.78 is 0. The molecule has 3 N–H and O–H groups in total. The molecule has 1 aromatic carbocycles. The molecule has 0 bridgehead atoms. The Kier molecular flexibility index (Phi) is 4.54. The van der Waals surface area contributed by atoms with E-state index >= 15 is 0 Å². The molecule has 2 unspecified atom stereocenters. The molecule has 2 atom stereocenters. The highest BCUT2D eigenvalue weighted by Gasteiger charge is 2.34. The number of anilines is 1. The predicted molar refractivity (Wildman–Crippen MR) is 79.5 cm³/mol. The van der Waals surface area contributed by atoms with Crippen LogP contribution in [-0.4, -0.2) is 39.6 Å². The quantitative estimate of drug-likeness (QED) is 0.827. The number of nitrogen functional groups attached to an aromatic ring is 1. The SMILES string of the molecule is CC(CC(=O)N1CSCC1C(=O)O)c1ccc(N)cc1. The Morgan fingerprint density at radius 3 is 2.70 bits per heavy atom. The molecule has 20 heavy (non-hydrogen) atoms. The van der Waals surface area contributed by atoms with Crippen LogP contribution in [0.4, 0.5) is 5.69 Å². The van der Waals surface area contributed by atoms with Gasteiger partial charge in [0, 0.05) is 17.9 Å². The summed E-state index contributed by atoms with van der Waals surface area (Å²) in [5.41, 5.74) is 7.36. The van der Waals surface area contributed by atoms with Gasteiger partial charge in [0.1, 0.15) is 6.04 Å². The summed E-state index contributed by atoms with van der Waals surface area (Å²) in [6.07, 6.45) is 0.314. The molecule has 2 rings (SSSR count). The van der Waals surface area contributed by atoms with E-state index in [1.807, 2.05) is 31.2 Å². The standard InChI is InChI=1S/C14H18N2O3S/c1-9(10-2-4-11(15)5-3-10)6-13(17)16-8-20-7-12(16)14(18)19/h2-5,9,12H,6-8,15H2,1H3,(H,18,19). The molecule has 108 valence electrons. The molecule has 1 amide bonds. The lowest BCUT2D eigenvalue weighted by Crippen LogP contribution is -2.42. The monoisotopic (exact) mass is 294 g/mol. The average Bonchev–Trinajstić information content (AvgIpc) is 2.88. The van der Waals surface area contributed by atoms with Crippen LogP contribution in [0.3, 0.4) is 0 Å². The number of hydrogen-bond donors (Lipinski definition) is 2. The molecule has 5 nitrogen and oxygen atoms in total. The van der Waals surface area contributed by atoms with Crippen molar-refractivity contribution in [2.45, 2.75) is 25.3 Å². The van der Waals surface area contributed by atoms with Gasteiger partial charge in [0.05, 0.1) is 5.88 Å². The molecule has 0 aliphatic carbocycles. The topological polar surface area (TPSA) is 83.6 Å². The summed E-state index contributed by atoms with van der Waals surface area (Å²) in [5.74, 6) is -0.0555. The van der Waals surface area contributed by atoms with E-state index in [-0.39, 0.29) is 11.8 Å². The minimum absolute atomic E-state index is 0.0446. The zero-order valence-electron chi connectivity index (χ0n) is 11.3. The molecule has 6 heteroatoms. The van der Waals surface area contributed by atoms with Gasteiger partial charge in [0.25, 0.3) is 0 Å². The van der Waals surface area contributed by atoms with Gasteiger partial charge >= 0.3 is 5.97 Å². The van der Waals surface area contributed by atoms with Crippen LogP contribution >= 0.6 is 11.8 Å². The average molecular weight is 294 g/mol. The second-order valence-electron chi connectivity index (χ2n) is 4.99. The van der Waals surface area contributed by atoms with Crippen LogP contribution in [0, 0.1) is 0 Å². The zero-order chi connectivity index (χ0) is 14.7. The number of carboxylic acid groups (broad SMARTS) is 1. The Balaban J connectivity index is 2.00. The number of amides is 1. The maximum atomic E-state index is 12.2. The number of thioether (sulfide) groups is 1. The fraction of sp³-hybridized carbons (Fsp3) is 0.429. The van der Waals surface area contributed by atoms with Gasteiger partial charge in [0.2, 0.25) is 5.91 Å². The highest BCUT2D eigenvalue weighted by atomic mass is 32.2. The van der Waals surface area contributed by atoms with Gasteiger partial charge in [-0.25, -0.2) is 4.79 Å². The van der Waals surface area contributed by atoms with E-state index in [1.54, 1.807) is 0 Å². The largest absolute Gasteiger partial charge is 0.480 e. The van der Waals surface area contributed by atoms with Crippen molar-refractivity contribution in [1.29, 1.82) is 0 Å².